The predicted molar refractivity (Wildman–Crippen MR) is 98.3 cm³/mol. The molecule has 0 unspecified atom stereocenters. The van der Waals surface area contributed by atoms with E-state index >= 15 is 0 Å². The van der Waals surface area contributed by atoms with Crippen LogP contribution in [0.4, 0.5) is 13.2 Å². The van der Waals surface area contributed by atoms with Crippen molar-refractivity contribution < 1.29 is 17.9 Å². The molecule has 6 nitrogen and oxygen atoms in total. The fraction of sp³-hybridized carbons (Fsp3) is 0.158. The zero-order valence-corrected chi connectivity index (χ0v) is 14.9. The van der Waals surface area contributed by atoms with Gasteiger partial charge in [0.1, 0.15) is 5.75 Å². The molecule has 0 atom stereocenters. The normalized spacial score (nSPS) is 12.5. The fourth-order valence-electron chi connectivity index (χ4n) is 3.60. The SMILES string of the molecule is COc1ccc2c(c1)c(-c1cc3c(ncc4cnc(C(F)(F)F)n43)[nH]1)cn2C. The molecule has 0 radical (unpaired) electrons. The van der Waals surface area contributed by atoms with Crippen molar-refractivity contribution in [2.24, 2.45) is 7.05 Å². The van der Waals surface area contributed by atoms with E-state index in [1.165, 1.54) is 12.4 Å². The second-order valence-electron chi connectivity index (χ2n) is 6.55. The van der Waals surface area contributed by atoms with Gasteiger partial charge >= 0.3 is 6.18 Å². The number of nitrogens with one attached hydrogen (secondary N) is 1. The van der Waals surface area contributed by atoms with Gasteiger partial charge in [-0.05, 0) is 24.3 Å². The maximum Gasteiger partial charge on any atom is 0.450 e. The number of halogens is 3. The van der Waals surface area contributed by atoms with Crippen LogP contribution in [0.5, 0.6) is 5.75 Å². The number of aryl methyl sites for hydroxylation is 1. The summed E-state index contributed by atoms with van der Waals surface area (Å²) in [5.74, 6) is -0.273. The number of hydrogen-bond acceptors (Lipinski definition) is 3. The molecule has 1 aromatic carbocycles. The Morgan fingerprint density at radius 1 is 1.07 bits per heavy atom. The maximum absolute atomic E-state index is 13.4. The molecule has 0 aliphatic rings. The van der Waals surface area contributed by atoms with Crippen molar-refractivity contribution in [2.75, 3.05) is 7.11 Å². The molecular weight excluding hydrogens is 371 g/mol. The number of H-pyrrole nitrogens is 1. The van der Waals surface area contributed by atoms with Crippen molar-refractivity contribution in [2.45, 2.75) is 6.18 Å². The van der Waals surface area contributed by atoms with Crippen LogP contribution < -0.4 is 4.74 Å². The molecule has 0 amide bonds. The number of methoxy groups -OCH3 is 1. The molecule has 0 bridgehead atoms. The summed E-state index contributed by atoms with van der Waals surface area (Å²) in [5.41, 5.74) is 3.44. The second kappa shape index (κ2) is 5.51. The molecule has 5 rings (SSSR count). The van der Waals surface area contributed by atoms with Crippen LogP contribution in [0.15, 0.2) is 42.9 Å². The van der Waals surface area contributed by atoms with Crippen LogP contribution in [-0.2, 0) is 13.2 Å². The van der Waals surface area contributed by atoms with Crippen LogP contribution in [0.3, 0.4) is 0 Å². The first kappa shape index (κ1) is 16.7. The minimum absolute atomic E-state index is 0.282. The Kier molecular flexibility index (Phi) is 3.28. The van der Waals surface area contributed by atoms with Gasteiger partial charge in [-0.15, -0.1) is 0 Å². The predicted octanol–water partition coefficient (Wildman–Crippen LogP) is 4.40. The van der Waals surface area contributed by atoms with Crippen LogP contribution in [0.2, 0.25) is 0 Å². The summed E-state index contributed by atoms with van der Waals surface area (Å²) in [4.78, 5) is 10.9. The first-order valence-electron chi connectivity index (χ1n) is 8.42. The third-order valence-electron chi connectivity index (χ3n) is 4.87. The van der Waals surface area contributed by atoms with Gasteiger partial charge in [-0.2, -0.15) is 13.2 Å². The molecule has 0 spiro atoms. The zero-order chi connectivity index (χ0) is 19.6. The van der Waals surface area contributed by atoms with Crippen molar-refractivity contribution in [3.8, 4) is 17.0 Å². The average molecular weight is 385 g/mol. The molecule has 4 heterocycles. The topological polar surface area (TPSA) is 60.1 Å². The van der Waals surface area contributed by atoms with Crippen LogP contribution in [0.1, 0.15) is 5.82 Å². The standard InChI is InChI=1S/C19H14F3N5O/c1-26-9-13(12-5-11(28-2)3-4-15(12)26)14-6-16-17(25-14)23-7-10-8-24-18(27(10)16)19(20,21)22/h3-9,25H,1-2H3. The number of rotatable bonds is 2. The lowest BCUT2D eigenvalue weighted by molar-refractivity contribution is -0.145. The minimum Gasteiger partial charge on any atom is -0.497 e. The summed E-state index contributed by atoms with van der Waals surface area (Å²) in [5, 5.41) is 0.923. The van der Waals surface area contributed by atoms with Crippen LogP contribution in [-0.4, -0.2) is 31.0 Å². The van der Waals surface area contributed by atoms with E-state index in [1.807, 2.05) is 36.0 Å². The molecule has 5 aromatic rings. The first-order chi connectivity index (χ1) is 13.4. The Balaban J connectivity index is 1.80. The van der Waals surface area contributed by atoms with E-state index in [-0.39, 0.29) is 5.52 Å². The van der Waals surface area contributed by atoms with Gasteiger partial charge in [-0.25, -0.2) is 9.97 Å². The summed E-state index contributed by atoms with van der Waals surface area (Å²) in [6.45, 7) is 0. The van der Waals surface area contributed by atoms with Crippen molar-refractivity contribution in [1.29, 1.82) is 0 Å². The number of fused-ring (bicyclic) bond motifs is 4. The van der Waals surface area contributed by atoms with Gasteiger partial charge < -0.3 is 14.3 Å². The summed E-state index contributed by atoms with van der Waals surface area (Å²) < 4.78 is 48.5. The van der Waals surface area contributed by atoms with E-state index in [2.05, 4.69) is 15.0 Å². The van der Waals surface area contributed by atoms with Gasteiger partial charge in [0.25, 0.3) is 0 Å². The molecule has 4 aromatic heterocycles. The van der Waals surface area contributed by atoms with E-state index in [9.17, 15) is 13.2 Å². The molecule has 9 heteroatoms. The average Bonchev–Trinajstić information content (AvgIpc) is 3.34. The number of nitrogens with zero attached hydrogens (tertiary/aromatic N) is 4. The highest BCUT2D eigenvalue weighted by Crippen LogP contribution is 2.35. The van der Waals surface area contributed by atoms with Gasteiger partial charge in [-0.3, -0.25) is 4.40 Å². The molecule has 142 valence electrons. The molecule has 1 N–H and O–H groups in total. The number of hydrogen-bond donors (Lipinski definition) is 1. The van der Waals surface area contributed by atoms with Gasteiger partial charge in [0, 0.05) is 29.7 Å². The third-order valence-corrected chi connectivity index (χ3v) is 4.87. The number of ether oxygens (including phenoxy) is 1. The number of imidazole rings is 1. The Morgan fingerprint density at radius 3 is 2.61 bits per heavy atom. The Morgan fingerprint density at radius 2 is 1.86 bits per heavy atom. The quantitative estimate of drug-likeness (QED) is 0.490. The van der Waals surface area contributed by atoms with Crippen LogP contribution >= 0.6 is 0 Å². The molecule has 0 saturated carbocycles. The molecule has 0 saturated heterocycles. The maximum atomic E-state index is 13.4. The Hall–Kier alpha value is -3.49. The molecular formula is C19H14F3N5O. The monoisotopic (exact) mass is 385 g/mol. The largest absolute Gasteiger partial charge is 0.497 e. The van der Waals surface area contributed by atoms with E-state index in [1.54, 1.807) is 13.2 Å². The summed E-state index contributed by atoms with van der Waals surface area (Å²) in [7, 11) is 3.50. The number of benzene rings is 1. The highest BCUT2D eigenvalue weighted by molar-refractivity contribution is 5.98. The van der Waals surface area contributed by atoms with Crippen molar-refractivity contribution in [3.63, 3.8) is 0 Å². The number of aromatic amines is 1. The Labute approximate surface area is 156 Å². The molecule has 0 fully saturated rings. The lowest BCUT2D eigenvalue weighted by atomic mass is 10.1. The second-order valence-corrected chi connectivity index (χ2v) is 6.55. The van der Waals surface area contributed by atoms with Crippen LogP contribution in [0, 0.1) is 0 Å². The zero-order valence-electron chi connectivity index (χ0n) is 14.9. The van der Waals surface area contributed by atoms with Crippen molar-refractivity contribution in [1.82, 2.24) is 23.9 Å². The summed E-state index contributed by atoms with van der Waals surface area (Å²) in [6, 6.07) is 7.37. The summed E-state index contributed by atoms with van der Waals surface area (Å²) >= 11 is 0. The van der Waals surface area contributed by atoms with Gasteiger partial charge in [0.2, 0.25) is 5.82 Å². The van der Waals surface area contributed by atoms with Crippen LogP contribution in [0.25, 0.3) is 38.8 Å². The molecule has 0 aliphatic heterocycles. The highest BCUT2D eigenvalue weighted by Gasteiger charge is 2.36. The van der Waals surface area contributed by atoms with E-state index in [0.717, 1.165) is 20.9 Å². The molecule has 0 aliphatic carbocycles. The lowest BCUT2D eigenvalue weighted by Crippen LogP contribution is -2.11. The summed E-state index contributed by atoms with van der Waals surface area (Å²) in [6.07, 6.45) is -0.1000. The van der Waals surface area contributed by atoms with Crippen molar-refractivity contribution in [3.05, 3.63) is 48.7 Å². The lowest BCUT2D eigenvalue weighted by Gasteiger charge is -2.05. The van der Waals surface area contributed by atoms with Gasteiger partial charge in [0.05, 0.1) is 36.2 Å². The number of alkyl halides is 3. The minimum atomic E-state index is -4.56. The first-order valence-corrected chi connectivity index (χ1v) is 8.42. The van der Waals surface area contributed by atoms with Gasteiger partial charge in [0.15, 0.2) is 5.65 Å². The third kappa shape index (κ3) is 2.29. The van der Waals surface area contributed by atoms with E-state index < -0.39 is 12.0 Å². The molecule has 28 heavy (non-hydrogen) atoms. The van der Waals surface area contributed by atoms with Crippen molar-refractivity contribution >= 4 is 27.6 Å². The smallest absolute Gasteiger partial charge is 0.450 e. The number of aromatic nitrogens is 5. The van der Waals surface area contributed by atoms with Gasteiger partial charge in [-0.1, -0.05) is 0 Å². The van der Waals surface area contributed by atoms with E-state index in [0.29, 0.717) is 22.6 Å². The highest BCUT2D eigenvalue weighted by atomic mass is 19.4. The Bertz CT molecular complexity index is 1360. The fourth-order valence-corrected chi connectivity index (χ4v) is 3.60. The van der Waals surface area contributed by atoms with E-state index in [4.69, 9.17) is 4.74 Å².